The summed E-state index contributed by atoms with van der Waals surface area (Å²) in [5.41, 5.74) is 0. The minimum absolute atomic E-state index is 0.122. The third kappa shape index (κ3) is 4.52. The zero-order valence-corrected chi connectivity index (χ0v) is 7.08. The Kier molecular flexibility index (Phi) is 4.31. The van der Waals surface area contributed by atoms with E-state index in [4.69, 9.17) is 10.2 Å². The van der Waals surface area contributed by atoms with Gasteiger partial charge in [-0.2, -0.15) is 0 Å². The maximum atomic E-state index is 9.91. The highest BCUT2D eigenvalue weighted by atomic mass is 79.9. The van der Waals surface area contributed by atoms with Crippen LogP contribution in [0.15, 0.2) is 12.2 Å². The summed E-state index contributed by atoms with van der Waals surface area (Å²) in [6.45, 7) is 1.73. The molecule has 0 saturated heterocycles. The van der Waals surface area contributed by atoms with Gasteiger partial charge in [0.05, 0.1) is 6.10 Å². The summed E-state index contributed by atoms with van der Waals surface area (Å²) in [4.78, 5) is 9.79. The van der Waals surface area contributed by atoms with Crippen molar-refractivity contribution in [3.05, 3.63) is 12.2 Å². The second-order valence-corrected chi connectivity index (χ2v) is 3.31. The number of carboxylic acids is 1. The molecule has 0 fully saturated rings. The summed E-state index contributed by atoms with van der Waals surface area (Å²) < 4.78 is 0. The molecule has 3 nitrogen and oxygen atoms in total. The van der Waals surface area contributed by atoms with Crippen LogP contribution >= 0.6 is 15.9 Å². The van der Waals surface area contributed by atoms with Crippen LogP contribution in [-0.4, -0.2) is 27.1 Å². The van der Waals surface area contributed by atoms with Gasteiger partial charge < -0.3 is 10.2 Å². The molecule has 0 aromatic carbocycles. The fraction of sp³-hybridized carbons (Fsp3) is 0.500. The third-order valence-electron chi connectivity index (χ3n) is 0.907. The van der Waals surface area contributed by atoms with E-state index in [-0.39, 0.29) is 4.83 Å². The SMILES string of the molecule is C[C@@H](Br)[C@@H](O)/C=C/C(=O)O. The van der Waals surface area contributed by atoms with Crippen LogP contribution in [0.1, 0.15) is 6.92 Å². The Bertz CT molecular complexity index is 142. The molecule has 0 amide bonds. The van der Waals surface area contributed by atoms with E-state index in [0.717, 1.165) is 6.08 Å². The number of aliphatic hydroxyl groups excluding tert-OH is 1. The van der Waals surface area contributed by atoms with Gasteiger partial charge in [-0.05, 0) is 13.0 Å². The summed E-state index contributed by atoms with van der Waals surface area (Å²) in [5.74, 6) is -1.05. The summed E-state index contributed by atoms with van der Waals surface area (Å²) in [5, 5.41) is 17.1. The van der Waals surface area contributed by atoms with Crippen LogP contribution in [0.5, 0.6) is 0 Å². The Hall–Kier alpha value is -0.350. The molecule has 0 aromatic heterocycles. The largest absolute Gasteiger partial charge is 0.478 e. The Morgan fingerprint density at radius 2 is 2.20 bits per heavy atom. The molecule has 0 aliphatic carbocycles. The molecule has 0 spiro atoms. The molecule has 58 valence electrons. The highest BCUT2D eigenvalue weighted by Crippen LogP contribution is 2.04. The normalized spacial score (nSPS) is 17.1. The van der Waals surface area contributed by atoms with Gasteiger partial charge in [0.2, 0.25) is 0 Å². The Morgan fingerprint density at radius 3 is 2.50 bits per heavy atom. The first-order chi connectivity index (χ1) is 4.54. The average molecular weight is 209 g/mol. The Balaban J connectivity index is 3.77. The van der Waals surface area contributed by atoms with Crippen molar-refractivity contribution in [3.63, 3.8) is 0 Å². The zero-order valence-electron chi connectivity index (χ0n) is 5.49. The maximum Gasteiger partial charge on any atom is 0.328 e. The van der Waals surface area contributed by atoms with Crippen LogP contribution in [0.2, 0.25) is 0 Å². The van der Waals surface area contributed by atoms with Crippen molar-refractivity contribution in [3.8, 4) is 0 Å². The summed E-state index contributed by atoms with van der Waals surface area (Å²) in [7, 11) is 0. The van der Waals surface area contributed by atoms with E-state index in [2.05, 4.69) is 15.9 Å². The molecular weight excluding hydrogens is 200 g/mol. The first kappa shape index (κ1) is 9.65. The van der Waals surface area contributed by atoms with Gasteiger partial charge in [-0.15, -0.1) is 0 Å². The molecule has 0 unspecified atom stereocenters. The van der Waals surface area contributed by atoms with Crippen molar-refractivity contribution in [2.75, 3.05) is 0 Å². The van der Waals surface area contributed by atoms with Gasteiger partial charge in [0.1, 0.15) is 0 Å². The number of hydrogen-bond donors (Lipinski definition) is 2. The fourth-order valence-corrected chi connectivity index (χ4v) is 0.510. The Morgan fingerprint density at radius 1 is 1.70 bits per heavy atom. The number of rotatable bonds is 3. The van der Waals surface area contributed by atoms with Crippen LogP contribution in [0.3, 0.4) is 0 Å². The molecule has 0 rings (SSSR count). The number of aliphatic hydroxyl groups is 1. The van der Waals surface area contributed by atoms with Crippen LogP contribution in [-0.2, 0) is 4.79 Å². The smallest absolute Gasteiger partial charge is 0.328 e. The maximum absolute atomic E-state index is 9.91. The van der Waals surface area contributed by atoms with Gasteiger partial charge in [-0.3, -0.25) is 0 Å². The van der Waals surface area contributed by atoms with Gasteiger partial charge in [0.25, 0.3) is 0 Å². The molecule has 10 heavy (non-hydrogen) atoms. The van der Waals surface area contributed by atoms with Gasteiger partial charge in [0.15, 0.2) is 0 Å². The first-order valence-corrected chi connectivity index (χ1v) is 3.69. The Labute approximate surface area is 67.5 Å². The summed E-state index contributed by atoms with van der Waals surface area (Å²) in [6.07, 6.45) is 1.40. The monoisotopic (exact) mass is 208 g/mol. The molecule has 0 aliphatic rings. The quantitative estimate of drug-likeness (QED) is 0.533. The number of aliphatic carboxylic acids is 1. The molecule has 2 atom stereocenters. The molecule has 0 saturated carbocycles. The number of carboxylic acid groups (broad SMARTS) is 1. The number of hydrogen-bond acceptors (Lipinski definition) is 2. The standard InChI is InChI=1S/C6H9BrO3/c1-4(7)5(8)2-3-6(9)10/h2-5,8H,1H3,(H,9,10)/b3-2+/t4-,5+/m1/s1. The molecule has 0 heterocycles. The lowest BCUT2D eigenvalue weighted by atomic mass is 10.2. The highest BCUT2D eigenvalue weighted by Gasteiger charge is 2.05. The van der Waals surface area contributed by atoms with E-state index in [1.807, 2.05) is 0 Å². The molecule has 0 aromatic rings. The summed E-state index contributed by atoms with van der Waals surface area (Å²) in [6, 6.07) is 0. The van der Waals surface area contributed by atoms with Crippen molar-refractivity contribution in [1.82, 2.24) is 0 Å². The van der Waals surface area contributed by atoms with Crippen LogP contribution in [0.25, 0.3) is 0 Å². The number of carbonyl (C=O) groups is 1. The molecule has 2 N–H and O–H groups in total. The van der Waals surface area contributed by atoms with Crippen LogP contribution in [0.4, 0.5) is 0 Å². The summed E-state index contributed by atoms with van der Waals surface area (Å²) >= 11 is 3.10. The first-order valence-electron chi connectivity index (χ1n) is 2.77. The lowest BCUT2D eigenvalue weighted by molar-refractivity contribution is -0.131. The van der Waals surface area contributed by atoms with Crippen molar-refractivity contribution in [1.29, 1.82) is 0 Å². The fourth-order valence-electron chi connectivity index (χ4n) is 0.334. The van der Waals surface area contributed by atoms with Crippen molar-refractivity contribution in [2.45, 2.75) is 17.9 Å². The number of halogens is 1. The van der Waals surface area contributed by atoms with Crippen molar-refractivity contribution < 1.29 is 15.0 Å². The molecule has 4 heteroatoms. The van der Waals surface area contributed by atoms with Crippen LogP contribution < -0.4 is 0 Å². The minimum Gasteiger partial charge on any atom is -0.478 e. The molecular formula is C6H9BrO3. The second kappa shape index (κ2) is 4.46. The van der Waals surface area contributed by atoms with E-state index in [1.54, 1.807) is 6.92 Å². The van der Waals surface area contributed by atoms with E-state index in [9.17, 15) is 4.79 Å². The third-order valence-corrected chi connectivity index (χ3v) is 1.45. The predicted octanol–water partition coefficient (Wildman–Crippen LogP) is 0.771. The van der Waals surface area contributed by atoms with Gasteiger partial charge in [-0.1, -0.05) is 15.9 Å². The van der Waals surface area contributed by atoms with E-state index < -0.39 is 12.1 Å². The highest BCUT2D eigenvalue weighted by molar-refractivity contribution is 9.09. The minimum atomic E-state index is -1.05. The van der Waals surface area contributed by atoms with E-state index in [1.165, 1.54) is 6.08 Å². The predicted molar refractivity (Wildman–Crippen MR) is 41.2 cm³/mol. The van der Waals surface area contributed by atoms with Crippen LogP contribution in [0, 0.1) is 0 Å². The molecule has 0 radical (unpaired) electrons. The number of alkyl halides is 1. The zero-order chi connectivity index (χ0) is 8.15. The van der Waals surface area contributed by atoms with Crippen molar-refractivity contribution in [2.24, 2.45) is 0 Å². The van der Waals surface area contributed by atoms with Crippen molar-refractivity contribution >= 4 is 21.9 Å². The average Bonchev–Trinajstić information content (AvgIpc) is 1.82. The molecule has 0 bridgehead atoms. The molecule has 0 aliphatic heterocycles. The second-order valence-electron chi connectivity index (χ2n) is 1.87. The topological polar surface area (TPSA) is 57.5 Å². The van der Waals surface area contributed by atoms with Gasteiger partial charge in [0, 0.05) is 10.9 Å². The van der Waals surface area contributed by atoms with E-state index in [0.29, 0.717) is 0 Å². The van der Waals surface area contributed by atoms with Gasteiger partial charge in [-0.25, -0.2) is 4.79 Å². The lowest BCUT2D eigenvalue weighted by Gasteiger charge is -2.05. The van der Waals surface area contributed by atoms with Gasteiger partial charge >= 0.3 is 5.97 Å². The lowest BCUT2D eigenvalue weighted by Crippen LogP contribution is -2.13. The van der Waals surface area contributed by atoms with E-state index >= 15 is 0 Å².